The zero-order chi connectivity index (χ0) is 19.5. The summed E-state index contributed by atoms with van der Waals surface area (Å²) in [5.41, 5.74) is -0.669. The van der Waals surface area contributed by atoms with Crippen molar-refractivity contribution in [1.29, 1.82) is 0 Å². The molecule has 144 valence electrons. The third kappa shape index (κ3) is 5.41. The molecule has 0 saturated carbocycles. The highest BCUT2D eigenvalue weighted by atomic mass is 19.4. The molecule has 4 nitrogen and oxygen atoms in total. The maximum absolute atomic E-state index is 13.1. The van der Waals surface area contributed by atoms with E-state index in [1.807, 2.05) is 6.08 Å². The van der Waals surface area contributed by atoms with Gasteiger partial charge in [0.05, 0.1) is 5.56 Å². The van der Waals surface area contributed by atoms with E-state index in [9.17, 15) is 18.0 Å². The van der Waals surface area contributed by atoms with Gasteiger partial charge in [0.1, 0.15) is 17.5 Å². The van der Waals surface area contributed by atoms with Crippen LogP contribution in [0.1, 0.15) is 39.7 Å². The Morgan fingerprint density at radius 3 is 2.46 bits per heavy atom. The Morgan fingerprint density at radius 1 is 1.19 bits per heavy atom. The third-order valence-electron chi connectivity index (χ3n) is 3.85. The van der Waals surface area contributed by atoms with Crippen molar-refractivity contribution >= 4 is 6.09 Å². The van der Waals surface area contributed by atoms with Gasteiger partial charge in [-0.25, -0.2) is 4.79 Å². The highest BCUT2D eigenvalue weighted by Gasteiger charge is 2.35. The highest BCUT2D eigenvalue weighted by molar-refractivity contribution is 5.68. The molecular formula is C19H24F3NO3. The van der Waals surface area contributed by atoms with Crippen LogP contribution < -0.4 is 4.74 Å². The number of benzene rings is 1. The molecule has 0 spiro atoms. The molecule has 1 aliphatic rings. The minimum Gasteiger partial charge on any atom is -0.486 e. The second-order valence-electron chi connectivity index (χ2n) is 7.22. The number of para-hydroxylation sites is 1. The van der Waals surface area contributed by atoms with Crippen LogP contribution in [0, 0.1) is 0 Å². The third-order valence-corrected chi connectivity index (χ3v) is 3.85. The monoisotopic (exact) mass is 371 g/mol. The van der Waals surface area contributed by atoms with Crippen LogP contribution in [0.5, 0.6) is 5.75 Å². The average molecular weight is 371 g/mol. The summed E-state index contributed by atoms with van der Waals surface area (Å²) in [5.74, 6) is -0.220. The maximum atomic E-state index is 13.1. The summed E-state index contributed by atoms with van der Waals surface area (Å²) in [5, 5.41) is 0. The molecule has 26 heavy (non-hydrogen) atoms. The average Bonchev–Trinajstić information content (AvgIpc) is 2.53. The van der Waals surface area contributed by atoms with E-state index in [0.717, 1.165) is 11.6 Å². The van der Waals surface area contributed by atoms with Crippen molar-refractivity contribution in [2.24, 2.45) is 0 Å². The Labute approximate surface area is 151 Å². The maximum Gasteiger partial charge on any atom is 0.419 e. The summed E-state index contributed by atoms with van der Waals surface area (Å²) in [6.45, 7) is 7.80. The van der Waals surface area contributed by atoms with Crippen molar-refractivity contribution in [3.05, 3.63) is 41.5 Å². The molecule has 0 saturated heterocycles. The van der Waals surface area contributed by atoms with Gasteiger partial charge in [0, 0.05) is 13.1 Å². The fraction of sp³-hybridized carbons (Fsp3) is 0.526. The Kier molecular flexibility index (Phi) is 5.88. The van der Waals surface area contributed by atoms with Gasteiger partial charge in [0.25, 0.3) is 0 Å². The Balaban J connectivity index is 2.08. The lowest BCUT2D eigenvalue weighted by Gasteiger charge is -2.32. The van der Waals surface area contributed by atoms with Gasteiger partial charge >= 0.3 is 12.3 Å². The molecule has 0 fully saturated rings. The Bertz CT molecular complexity index is 677. The minimum absolute atomic E-state index is 0.220. The van der Waals surface area contributed by atoms with Gasteiger partial charge in [-0.15, -0.1) is 0 Å². The summed E-state index contributed by atoms with van der Waals surface area (Å²) in [6, 6.07) is 5.11. The number of alkyl halides is 3. The van der Waals surface area contributed by atoms with E-state index < -0.39 is 29.5 Å². The number of nitrogens with zero attached hydrogens (tertiary/aromatic N) is 1. The fourth-order valence-corrected chi connectivity index (χ4v) is 2.62. The molecule has 0 radical (unpaired) electrons. The molecule has 1 aromatic rings. The van der Waals surface area contributed by atoms with Crippen LogP contribution in [0.4, 0.5) is 18.0 Å². The van der Waals surface area contributed by atoms with E-state index in [2.05, 4.69) is 0 Å². The van der Waals surface area contributed by atoms with E-state index in [0.29, 0.717) is 13.0 Å². The van der Waals surface area contributed by atoms with Crippen LogP contribution >= 0.6 is 0 Å². The molecule has 1 amide bonds. The molecule has 0 aliphatic carbocycles. The summed E-state index contributed by atoms with van der Waals surface area (Å²) >= 11 is 0. The molecule has 7 heteroatoms. The number of ether oxygens (including phenoxy) is 2. The Hall–Kier alpha value is -2.18. The van der Waals surface area contributed by atoms with E-state index in [-0.39, 0.29) is 12.3 Å². The number of amides is 1. The van der Waals surface area contributed by atoms with E-state index in [1.165, 1.54) is 23.1 Å². The fourth-order valence-electron chi connectivity index (χ4n) is 2.62. The van der Waals surface area contributed by atoms with Crippen molar-refractivity contribution in [3.8, 4) is 5.75 Å². The van der Waals surface area contributed by atoms with Crippen LogP contribution in [0.3, 0.4) is 0 Å². The van der Waals surface area contributed by atoms with Crippen molar-refractivity contribution in [2.45, 2.75) is 52.0 Å². The van der Waals surface area contributed by atoms with Gasteiger partial charge < -0.3 is 14.4 Å². The van der Waals surface area contributed by atoms with Crippen molar-refractivity contribution < 1.29 is 27.4 Å². The number of hydrogen-bond acceptors (Lipinski definition) is 3. The van der Waals surface area contributed by atoms with Gasteiger partial charge in [0.15, 0.2) is 0 Å². The molecule has 1 aliphatic heterocycles. The topological polar surface area (TPSA) is 38.8 Å². The number of hydrogen-bond donors (Lipinski definition) is 0. The predicted octanol–water partition coefficient (Wildman–Crippen LogP) is 5.04. The minimum atomic E-state index is -4.49. The highest BCUT2D eigenvalue weighted by Crippen LogP contribution is 2.36. The number of carbonyl (C=O) groups is 1. The zero-order valence-electron chi connectivity index (χ0n) is 15.4. The SMILES string of the molecule is CC(Oc1ccccc1C(F)(F)F)C1=CCCN(C(=O)OC(C)(C)C)C1. The summed E-state index contributed by atoms with van der Waals surface area (Å²) < 4.78 is 50.2. The molecule has 1 aromatic carbocycles. The zero-order valence-corrected chi connectivity index (χ0v) is 15.4. The second-order valence-corrected chi connectivity index (χ2v) is 7.22. The second kappa shape index (κ2) is 7.60. The molecule has 1 unspecified atom stereocenters. The normalized spacial score (nSPS) is 16.7. The number of carbonyl (C=O) groups excluding carboxylic acids is 1. The lowest BCUT2D eigenvalue weighted by Crippen LogP contribution is -2.41. The van der Waals surface area contributed by atoms with Gasteiger partial charge in [0.2, 0.25) is 0 Å². The summed E-state index contributed by atoms with van der Waals surface area (Å²) in [6.07, 6.45) is -3.01. The number of rotatable bonds is 3. The summed E-state index contributed by atoms with van der Waals surface area (Å²) in [7, 11) is 0. The van der Waals surface area contributed by atoms with Crippen molar-refractivity contribution in [2.75, 3.05) is 13.1 Å². The molecular weight excluding hydrogens is 347 g/mol. The molecule has 0 bridgehead atoms. The first-order valence-corrected chi connectivity index (χ1v) is 8.47. The molecule has 0 aromatic heterocycles. The van der Waals surface area contributed by atoms with E-state index in [1.54, 1.807) is 27.7 Å². The smallest absolute Gasteiger partial charge is 0.419 e. The molecule has 0 N–H and O–H groups in total. The van der Waals surface area contributed by atoms with Crippen LogP contribution in [0.15, 0.2) is 35.9 Å². The first-order chi connectivity index (χ1) is 12.0. The van der Waals surface area contributed by atoms with Crippen molar-refractivity contribution in [1.82, 2.24) is 4.90 Å². The van der Waals surface area contributed by atoms with Crippen LogP contribution in [-0.4, -0.2) is 35.8 Å². The lowest BCUT2D eigenvalue weighted by atomic mass is 10.1. The van der Waals surface area contributed by atoms with Crippen molar-refractivity contribution in [3.63, 3.8) is 0 Å². The Morgan fingerprint density at radius 2 is 1.85 bits per heavy atom. The quantitative estimate of drug-likeness (QED) is 0.699. The number of halogens is 3. The standard InChI is InChI=1S/C19H24F3NO3/c1-13(25-16-10-6-5-9-15(16)19(20,21)22)14-8-7-11-23(12-14)17(24)26-18(2,3)4/h5-6,8-10,13H,7,11-12H2,1-4H3. The van der Waals surface area contributed by atoms with Gasteiger partial charge in [-0.2, -0.15) is 13.2 Å². The molecule has 1 heterocycles. The largest absolute Gasteiger partial charge is 0.486 e. The van der Waals surface area contributed by atoms with Gasteiger partial charge in [-0.1, -0.05) is 18.2 Å². The first-order valence-electron chi connectivity index (χ1n) is 8.47. The van der Waals surface area contributed by atoms with Gasteiger partial charge in [-0.05, 0) is 51.8 Å². The summed E-state index contributed by atoms with van der Waals surface area (Å²) in [4.78, 5) is 13.8. The molecule has 1 atom stereocenters. The first kappa shape index (κ1) is 20.1. The van der Waals surface area contributed by atoms with Crippen LogP contribution in [0.2, 0.25) is 0 Å². The van der Waals surface area contributed by atoms with Crippen LogP contribution in [-0.2, 0) is 10.9 Å². The lowest BCUT2D eigenvalue weighted by molar-refractivity contribution is -0.139. The van der Waals surface area contributed by atoms with E-state index in [4.69, 9.17) is 9.47 Å². The van der Waals surface area contributed by atoms with E-state index >= 15 is 0 Å². The molecule has 2 rings (SSSR count). The van der Waals surface area contributed by atoms with Gasteiger partial charge in [-0.3, -0.25) is 0 Å². The van der Waals surface area contributed by atoms with Crippen LogP contribution in [0.25, 0.3) is 0 Å². The predicted molar refractivity (Wildman–Crippen MR) is 92.0 cm³/mol.